The lowest BCUT2D eigenvalue weighted by Crippen LogP contribution is -2.49. The summed E-state index contributed by atoms with van der Waals surface area (Å²) >= 11 is 4.75. The van der Waals surface area contributed by atoms with E-state index in [1.807, 2.05) is 6.07 Å². The summed E-state index contributed by atoms with van der Waals surface area (Å²) < 4.78 is 25.8. The lowest BCUT2D eigenvalue weighted by Gasteiger charge is -2.35. The molecule has 8 heteroatoms. The quantitative estimate of drug-likeness (QED) is 0.868. The molecule has 0 radical (unpaired) electrons. The van der Waals surface area contributed by atoms with Gasteiger partial charge in [0.2, 0.25) is 10.0 Å². The number of carbonyl (C=O) groups is 1. The van der Waals surface area contributed by atoms with Crippen molar-refractivity contribution in [3.05, 3.63) is 20.8 Å². The Morgan fingerprint density at radius 2 is 2.25 bits per heavy atom. The number of likely N-dealkylation sites (tertiary alicyclic amines) is 1. The topological polar surface area (TPSA) is 66.5 Å². The van der Waals surface area contributed by atoms with E-state index in [2.05, 4.69) is 20.7 Å². The summed E-state index contributed by atoms with van der Waals surface area (Å²) in [5, 5.41) is 0. The fourth-order valence-electron chi connectivity index (χ4n) is 2.30. The number of sulfonamides is 1. The molecule has 2 heterocycles. The highest BCUT2D eigenvalue weighted by Gasteiger charge is 2.28. The van der Waals surface area contributed by atoms with E-state index >= 15 is 0 Å². The van der Waals surface area contributed by atoms with E-state index in [4.69, 9.17) is 0 Å². The van der Waals surface area contributed by atoms with E-state index in [-0.39, 0.29) is 18.5 Å². The average Bonchev–Trinajstić information content (AvgIpc) is 2.82. The molecule has 1 aromatic rings. The van der Waals surface area contributed by atoms with E-state index in [0.717, 1.165) is 29.3 Å². The van der Waals surface area contributed by atoms with Gasteiger partial charge in [0.1, 0.15) is 0 Å². The summed E-state index contributed by atoms with van der Waals surface area (Å²) in [4.78, 5) is 15.0. The number of halogens is 1. The van der Waals surface area contributed by atoms with Gasteiger partial charge in [0.15, 0.2) is 0 Å². The standard InChI is InChI=1S/C12H17BrN2O3S2/c1-20(17,18)14-8-9-4-2-3-7-15(9)12(16)10-5-6-11(13)19-10/h5-6,9,14H,2-4,7-8H2,1H3. The molecule has 112 valence electrons. The van der Waals surface area contributed by atoms with Crippen LogP contribution in [0.4, 0.5) is 0 Å². The van der Waals surface area contributed by atoms with Gasteiger partial charge in [-0.25, -0.2) is 13.1 Å². The van der Waals surface area contributed by atoms with Crippen molar-refractivity contribution in [1.29, 1.82) is 0 Å². The van der Waals surface area contributed by atoms with Crippen LogP contribution in [0.25, 0.3) is 0 Å². The molecule has 1 fully saturated rings. The first-order valence-electron chi connectivity index (χ1n) is 6.38. The monoisotopic (exact) mass is 380 g/mol. The smallest absolute Gasteiger partial charge is 0.264 e. The number of nitrogens with one attached hydrogen (secondary N) is 1. The summed E-state index contributed by atoms with van der Waals surface area (Å²) in [6.07, 6.45) is 3.96. The van der Waals surface area contributed by atoms with Gasteiger partial charge < -0.3 is 4.90 Å². The van der Waals surface area contributed by atoms with Crippen LogP contribution in [0.5, 0.6) is 0 Å². The first-order chi connectivity index (χ1) is 9.37. The highest BCUT2D eigenvalue weighted by atomic mass is 79.9. The summed E-state index contributed by atoms with van der Waals surface area (Å²) in [6, 6.07) is 3.59. The third kappa shape index (κ3) is 4.28. The molecule has 1 atom stereocenters. The zero-order valence-corrected chi connectivity index (χ0v) is 14.4. The van der Waals surface area contributed by atoms with Crippen molar-refractivity contribution in [3.63, 3.8) is 0 Å². The molecule has 0 spiro atoms. The first kappa shape index (κ1) is 15.9. The number of nitrogens with zero attached hydrogens (tertiary/aromatic N) is 1. The molecule has 0 aliphatic carbocycles. The van der Waals surface area contributed by atoms with E-state index < -0.39 is 10.0 Å². The summed E-state index contributed by atoms with van der Waals surface area (Å²) in [7, 11) is -3.23. The minimum absolute atomic E-state index is 0.0132. The molecule has 1 aliphatic heterocycles. The normalized spacial score (nSPS) is 20.1. The number of hydrogen-bond acceptors (Lipinski definition) is 4. The van der Waals surface area contributed by atoms with E-state index in [0.29, 0.717) is 11.4 Å². The van der Waals surface area contributed by atoms with Gasteiger partial charge in [-0.2, -0.15) is 0 Å². The van der Waals surface area contributed by atoms with Crippen molar-refractivity contribution >= 4 is 43.2 Å². The predicted molar refractivity (Wildman–Crippen MR) is 83.5 cm³/mol. The van der Waals surface area contributed by atoms with Gasteiger partial charge in [0, 0.05) is 19.1 Å². The average molecular weight is 381 g/mol. The molecule has 1 amide bonds. The number of thiophene rings is 1. The van der Waals surface area contributed by atoms with Gasteiger partial charge in [-0.15, -0.1) is 11.3 Å². The summed E-state index contributed by atoms with van der Waals surface area (Å²) in [5.41, 5.74) is 0. The fraction of sp³-hybridized carbons (Fsp3) is 0.583. The SMILES string of the molecule is CS(=O)(=O)NCC1CCCCN1C(=O)c1ccc(Br)s1. The summed E-state index contributed by atoms with van der Waals surface area (Å²) in [5.74, 6) is -0.0132. The molecular formula is C12H17BrN2O3S2. The number of hydrogen-bond donors (Lipinski definition) is 1. The van der Waals surface area contributed by atoms with E-state index in [9.17, 15) is 13.2 Å². The van der Waals surface area contributed by atoms with Crippen LogP contribution >= 0.6 is 27.3 Å². The predicted octanol–water partition coefficient (Wildman–Crippen LogP) is 2.05. The Balaban J connectivity index is 2.08. The molecule has 0 saturated carbocycles. The Hall–Kier alpha value is -0.440. The Morgan fingerprint density at radius 3 is 2.85 bits per heavy atom. The third-order valence-corrected chi connectivity index (χ3v) is 5.56. The zero-order valence-electron chi connectivity index (χ0n) is 11.1. The highest BCUT2D eigenvalue weighted by Crippen LogP contribution is 2.26. The summed E-state index contributed by atoms with van der Waals surface area (Å²) in [6.45, 7) is 0.974. The number of amides is 1. The first-order valence-corrected chi connectivity index (χ1v) is 9.88. The minimum Gasteiger partial charge on any atom is -0.334 e. The zero-order chi connectivity index (χ0) is 14.8. The van der Waals surface area contributed by atoms with Gasteiger partial charge in [-0.05, 0) is 47.3 Å². The van der Waals surface area contributed by atoms with Crippen LogP contribution in [0, 0.1) is 0 Å². The lowest BCUT2D eigenvalue weighted by molar-refractivity contribution is 0.0624. The maximum atomic E-state index is 12.5. The number of rotatable bonds is 4. The molecule has 1 aliphatic rings. The molecule has 1 unspecified atom stereocenters. The van der Waals surface area contributed by atoms with Crippen molar-refractivity contribution in [1.82, 2.24) is 9.62 Å². The van der Waals surface area contributed by atoms with Crippen molar-refractivity contribution in [3.8, 4) is 0 Å². The maximum Gasteiger partial charge on any atom is 0.264 e. The van der Waals surface area contributed by atoms with Crippen LogP contribution in [0.2, 0.25) is 0 Å². The number of carbonyl (C=O) groups excluding carboxylic acids is 1. The number of piperidine rings is 1. The van der Waals surface area contributed by atoms with Crippen LogP contribution in [-0.4, -0.2) is 44.6 Å². The van der Waals surface area contributed by atoms with Gasteiger partial charge in [0.25, 0.3) is 5.91 Å². The van der Waals surface area contributed by atoms with Gasteiger partial charge in [-0.3, -0.25) is 4.79 Å². The second-order valence-electron chi connectivity index (χ2n) is 4.87. The lowest BCUT2D eigenvalue weighted by atomic mass is 10.0. The highest BCUT2D eigenvalue weighted by molar-refractivity contribution is 9.11. The molecule has 20 heavy (non-hydrogen) atoms. The Morgan fingerprint density at radius 1 is 1.50 bits per heavy atom. The molecule has 2 rings (SSSR count). The molecule has 1 aromatic heterocycles. The van der Waals surface area contributed by atoms with Crippen LogP contribution < -0.4 is 4.72 Å². The third-order valence-electron chi connectivity index (χ3n) is 3.25. The largest absolute Gasteiger partial charge is 0.334 e. The second-order valence-corrected chi connectivity index (χ2v) is 9.17. The van der Waals surface area contributed by atoms with Crippen LogP contribution in [-0.2, 0) is 10.0 Å². The van der Waals surface area contributed by atoms with Gasteiger partial charge in [-0.1, -0.05) is 0 Å². The maximum absolute atomic E-state index is 12.5. The van der Waals surface area contributed by atoms with Crippen LogP contribution in [0.15, 0.2) is 15.9 Å². The van der Waals surface area contributed by atoms with Gasteiger partial charge >= 0.3 is 0 Å². The molecule has 5 nitrogen and oxygen atoms in total. The second kappa shape index (κ2) is 6.55. The van der Waals surface area contributed by atoms with Crippen LogP contribution in [0.3, 0.4) is 0 Å². The molecule has 1 saturated heterocycles. The molecule has 0 bridgehead atoms. The van der Waals surface area contributed by atoms with Gasteiger partial charge in [0.05, 0.1) is 14.9 Å². The van der Waals surface area contributed by atoms with E-state index in [1.54, 1.807) is 11.0 Å². The van der Waals surface area contributed by atoms with Crippen molar-refractivity contribution in [2.24, 2.45) is 0 Å². The molecular weight excluding hydrogens is 364 g/mol. The Bertz CT molecular complexity index is 585. The van der Waals surface area contributed by atoms with Crippen molar-refractivity contribution in [2.75, 3.05) is 19.3 Å². The Labute approximate surface area is 131 Å². The van der Waals surface area contributed by atoms with Crippen molar-refractivity contribution < 1.29 is 13.2 Å². The van der Waals surface area contributed by atoms with Crippen molar-refractivity contribution in [2.45, 2.75) is 25.3 Å². The Kier molecular flexibility index (Phi) is 5.22. The minimum atomic E-state index is -3.23. The van der Waals surface area contributed by atoms with E-state index in [1.165, 1.54) is 11.3 Å². The van der Waals surface area contributed by atoms with Crippen LogP contribution in [0.1, 0.15) is 28.9 Å². The molecule has 0 aromatic carbocycles. The fourth-order valence-corrected chi connectivity index (χ4v) is 4.14. The molecule has 1 N–H and O–H groups in total.